The molecular formula is C38H54ClN5O6. The second-order valence-electron chi connectivity index (χ2n) is 15.8. The van der Waals surface area contributed by atoms with E-state index in [2.05, 4.69) is 15.8 Å². The normalized spacial score (nSPS) is 23.9. The van der Waals surface area contributed by atoms with Gasteiger partial charge in [-0.25, -0.2) is 0 Å². The van der Waals surface area contributed by atoms with Gasteiger partial charge < -0.3 is 25.3 Å². The van der Waals surface area contributed by atoms with Crippen LogP contribution in [0.2, 0.25) is 5.02 Å². The molecule has 5 rings (SSSR count). The number of carbonyl (C=O) groups is 5. The molecule has 1 aliphatic carbocycles. The Balaban J connectivity index is 1.39. The first-order valence-corrected chi connectivity index (χ1v) is 18.9. The Bertz CT molecular complexity index is 1460. The fraction of sp³-hybridized carbons (Fsp3) is 0.684. The molecule has 4 aliphatic rings. The van der Waals surface area contributed by atoms with Crippen LogP contribution < -0.4 is 10.6 Å². The summed E-state index contributed by atoms with van der Waals surface area (Å²) in [6.07, 6.45) is 9.78. The van der Waals surface area contributed by atoms with E-state index < -0.39 is 52.6 Å². The lowest BCUT2D eigenvalue weighted by Gasteiger charge is -2.36. The number of carbonyl (C=O) groups excluding carboxylic acids is 5. The minimum Gasteiger partial charge on any atom is -0.387 e. The molecule has 2 saturated heterocycles. The first-order chi connectivity index (χ1) is 23.8. The molecule has 50 heavy (non-hydrogen) atoms. The number of hydrogen-bond acceptors (Lipinski definition) is 7. The minimum absolute atomic E-state index is 0.0572. The van der Waals surface area contributed by atoms with E-state index >= 15 is 0 Å². The molecule has 0 aromatic heterocycles. The van der Waals surface area contributed by atoms with Crippen LogP contribution in [-0.2, 0) is 28.8 Å². The Morgan fingerprint density at radius 3 is 2.38 bits per heavy atom. The van der Waals surface area contributed by atoms with Crippen molar-refractivity contribution < 1.29 is 28.8 Å². The number of halogens is 1. The van der Waals surface area contributed by atoms with Crippen LogP contribution in [-0.4, -0.2) is 88.3 Å². The van der Waals surface area contributed by atoms with Gasteiger partial charge in [-0.15, -0.1) is 0 Å². The maximum Gasteiger partial charge on any atom is 0.292 e. The minimum atomic E-state index is -1.02. The van der Waals surface area contributed by atoms with Gasteiger partial charge in [-0.2, -0.15) is 0 Å². The smallest absolute Gasteiger partial charge is 0.292 e. The third-order valence-electron chi connectivity index (χ3n) is 10.7. The molecule has 2 N–H and O–H groups in total. The lowest BCUT2D eigenvalue weighted by Crippen LogP contribution is -2.59. The molecule has 1 spiro atoms. The number of Topliss-reactive ketones (excluding diaryl/α,β-unsaturated/α-hetero) is 1. The van der Waals surface area contributed by atoms with Gasteiger partial charge in [0.2, 0.25) is 23.5 Å². The summed E-state index contributed by atoms with van der Waals surface area (Å²) < 4.78 is 0. The summed E-state index contributed by atoms with van der Waals surface area (Å²) in [7, 11) is 0. The zero-order chi connectivity index (χ0) is 36.1. The molecule has 0 unspecified atom stereocenters. The molecular weight excluding hydrogens is 658 g/mol. The van der Waals surface area contributed by atoms with Gasteiger partial charge in [0.05, 0.1) is 18.3 Å². The number of hydrogen-bond donors (Lipinski definition) is 2. The van der Waals surface area contributed by atoms with Crippen LogP contribution in [0.4, 0.5) is 0 Å². The number of amides is 4. The van der Waals surface area contributed by atoms with Crippen molar-refractivity contribution in [2.24, 2.45) is 16.5 Å². The van der Waals surface area contributed by atoms with Crippen LogP contribution in [0.1, 0.15) is 117 Å². The summed E-state index contributed by atoms with van der Waals surface area (Å²) >= 11 is 6.27. The summed E-state index contributed by atoms with van der Waals surface area (Å²) in [6.45, 7) is 8.68. The Morgan fingerprint density at radius 2 is 1.72 bits per heavy atom. The van der Waals surface area contributed by atoms with E-state index in [1.54, 1.807) is 17.0 Å². The molecule has 3 heterocycles. The highest BCUT2D eigenvalue weighted by molar-refractivity contribution is 6.38. The quantitative estimate of drug-likeness (QED) is 0.304. The second-order valence-corrected chi connectivity index (χ2v) is 16.3. The van der Waals surface area contributed by atoms with Crippen LogP contribution in [0.25, 0.3) is 0 Å². The van der Waals surface area contributed by atoms with E-state index in [4.69, 9.17) is 16.4 Å². The second kappa shape index (κ2) is 16.3. The molecule has 1 saturated carbocycles. The molecule has 3 aliphatic heterocycles. The highest BCUT2D eigenvalue weighted by atomic mass is 35.5. The summed E-state index contributed by atoms with van der Waals surface area (Å²) in [4.78, 5) is 78.1. The van der Waals surface area contributed by atoms with E-state index in [1.807, 2.05) is 39.8 Å². The van der Waals surface area contributed by atoms with E-state index in [9.17, 15) is 24.0 Å². The third-order valence-corrected chi connectivity index (χ3v) is 10.9. The predicted molar refractivity (Wildman–Crippen MR) is 191 cm³/mol. The molecule has 4 atom stereocenters. The number of nitrogens with one attached hydrogen (secondary N) is 2. The third kappa shape index (κ3) is 9.06. The highest BCUT2D eigenvalue weighted by Gasteiger charge is 2.55. The van der Waals surface area contributed by atoms with Crippen molar-refractivity contribution in [2.75, 3.05) is 19.6 Å². The van der Waals surface area contributed by atoms with Crippen molar-refractivity contribution >= 4 is 46.7 Å². The lowest BCUT2D eigenvalue weighted by atomic mass is 9.84. The molecule has 3 fully saturated rings. The maximum atomic E-state index is 14.6. The number of benzene rings is 1. The Kier molecular flexibility index (Phi) is 12.3. The predicted octanol–water partition coefficient (Wildman–Crippen LogP) is 5.17. The largest absolute Gasteiger partial charge is 0.387 e. The monoisotopic (exact) mass is 711 g/mol. The van der Waals surface area contributed by atoms with E-state index in [1.165, 1.54) is 11.3 Å². The summed E-state index contributed by atoms with van der Waals surface area (Å²) in [5, 5.41) is 10.8. The Hall–Kier alpha value is -3.47. The van der Waals surface area contributed by atoms with Crippen molar-refractivity contribution in [2.45, 2.75) is 135 Å². The first-order valence-electron chi connectivity index (χ1n) is 18.5. The van der Waals surface area contributed by atoms with Crippen molar-refractivity contribution in [3.63, 3.8) is 0 Å². The van der Waals surface area contributed by atoms with Crippen molar-refractivity contribution in [3.8, 4) is 0 Å². The zero-order valence-electron chi connectivity index (χ0n) is 30.1. The van der Waals surface area contributed by atoms with Gasteiger partial charge in [-0.1, -0.05) is 82.3 Å². The van der Waals surface area contributed by atoms with Crippen molar-refractivity contribution in [1.82, 2.24) is 20.4 Å². The first kappa shape index (κ1) is 37.8. The summed E-state index contributed by atoms with van der Waals surface area (Å²) in [5.41, 5.74) is -0.234. The van der Waals surface area contributed by atoms with Gasteiger partial charge in [0.25, 0.3) is 5.91 Å². The molecule has 1 aromatic carbocycles. The van der Waals surface area contributed by atoms with Crippen LogP contribution in [0, 0.1) is 11.3 Å². The lowest BCUT2D eigenvalue weighted by molar-refractivity contribution is -0.148. The fourth-order valence-corrected chi connectivity index (χ4v) is 8.06. The number of likely N-dealkylation sites (tertiary alicyclic amines) is 2. The molecule has 1 aromatic rings. The molecule has 0 radical (unpaired) electrons. The van der Waals surface area contributed by atoms with Gasteiger partial charge in [-0.3, -0.25) is 24.0 Å². The summed E-state index contributed by atoms with van der Waals surface area (Å²) in [6, 6.07) is 4.32. The average molecular weight is 712 g/mol. The number of piperidine rings is 1. The van der Waals surface area contributed by atoms with Crippen LogP contribution in [0.3, 0.4) is 0 Å². The standard InChI is InChI=1S/C38H54ClN5O6/c1-5-13-28(32(46)35(48)43-18-10-7-11-19-43)40-34(47)30-23-38(22-29(42-50-38)26-16-12-17-27(39)21-26)24-44(30)36(49)33(37(2,3)4)41-31(45)20-25-14-8-6-9-15-25/h12,16-17,21,25,28,30,33H,5-11,13-15,18-20,22-24H2,1-4H3,(H,40,47)(H,41,45)/t28-,30-,33+,38+/m0/s1. The van der Waals surface area contributed by atoms with Gasteiger partial charge in [0.15, 0.2) is 5.60 Å². The van der Waals surface area contributed by atoms with Gasteiger partial charge in [0.1, 0.15) is 12.1 Å². The maximum absolute atomic E-state index is 14.6. The average Bonchev–Trinajstić information content (AvgIpc) is 3.70. The molecule has 4 amide bonds. The molecule has 12 heteroatoms. The van der Waals surface area contributed by atoms with Crippen molar-refractivity contribution in [3.05, 3.63) is 34.9 Å². The highest BCUT2D eigenvalue weighted by Crippen LogP contribution is 2.40. The SMILES string of the molecule is CCC[C@H](NC(=O)[C@@H]1C[C@]2(CC(c3cccc(Cl)c3)=NO2)CN1C(=O)[C@@H](NC(=O)CC1CCCCC1)C(C)(C)C)C(=O)C(=O)N1CCCCC1. The van der Waals surface area contributed by atoms with Crippen LogP contribution in [0.5, 0.6) is 0 Å². The van der Waals surface area contributed by atoms with E-state index in [-0.39, 0.29) is 25.3 Å². The van der Waals surface area contributed by atoms with Gasteiger partial charge in [-0.05, 0) is 62.0 Å². The van der Waals surface area contributed by atoms with E-state index in [0.717, 1.165) is 50.5 Å². The number of rotatable bonds is 11. The number of oxime groups is 1. The number of nitrogens with zero attached hydrogens (tertiary/aromatic N) is 3. The van der Waals surface area contributed by atoms with Crippen molar-refractivity contribution in [1.29, 1.82) is 0 Å². The molecule has 11 nitrogen and oxygen atoms in total. The topological polar surface area (TPSA) is 137 Å². The fourth-order valence-electron chi connectivity index (χ4n) is 7.87. The summed E-state index contributed by atoms with van der Waals surface area (Å²) in [5.74, 6) is -2.02. The molecule has 274 valence electrons. The Labute approximate surface area is 301 Å². The Morgan fingerprint density at radius 1 is 1.02 bits per heavy atom. The van der Waals surface area contributed by atoms with Gasteiger partial charge in [0, 0.05) is 42.9 Å². The van der Waals surface area contributed by atoms with Crippen LogP contribution >= 0.6 is 11.6 Å². The molecule has 0 bridgehead atoms. The van der Waals surface area contributed by atoms with Crippen LogP contribution in [0.15, 0.2) is 29.4 Å². The number of ketones is 1. The van der Waals surface area contributed by atoms with E-state index in [0.29, 0.717) is 49.0 Å². The zero-order valence-corrected chi connectivity index (χ0v) is 30.9. The van der Waals surface area contributed by atoms with Gasteiger partial charge >= 0.3 is 0 Å².